The van der Waals surface area contributed by atoms with Crippen LogP contribution in [0, 0.1) is 5.41 Å². The summed E-state index contributed by atoms with van der Waals surface area (Å²) >= 11 is 0. The Kier molecular flexibility index (Phi) is 4.33. The van der Waals surface area contributed by atoms with E-state index >= 15 is 0 Å². The van der Waals surface area contributed by atoms with Gasteiger partial charge in [-0.3, -0.25) is 9.69 Å². The van der Waals surface area contributed by atoms with Crippen molar-refractivity contribution in [3.8, 4) is 0 Å². The van der Waals surface area contributed by atoms with Crippen LogP contribution in [0.25, 0.3) is 0 Å². The standard InChI is InChI=1S/C12H25N3O/c1-12(2,3)9-15(5)11(16)10-8-13-6-7-14(10)4/h10,13H,6-9H2,1-5H3. The molecule has 4 nitrogen and oxygen atoms in total. The fourth-order valence-corrected chi connectivity index (χ4v) is 2.13. The highest BCUT2D eigenvalue weighted by atomic mass is 16.2. The van der Waals surface area contributed by atoms with Crippen molar-refractivity contribution >= 4 is 5.91 Å². The minimum Gasteiger partial charge on any atom is -0.344 e. The molecule has 1 unspecified atom stereocenters. The number of rotatable bonds is 2. The van der Waals surface area contributed by atoms with E-state index in [9.17, 15) is 4.79 Å². The highest BCUT2D eigenvalue weighted by Gasteiger charge is 2.29. The molecule has 1 saturated heterocycles. The predicted molar refractivity (Wildman–Crippen MR) is 66.4 cm³/mol. The van der Waals surface area contributed by atoms with Crippen LogP contribution in [0.3, 0.4) is 0 Å². The Labute approximate surface area is 99.0 Å². The highest BCUT2D eigenvalue weighted by molar-refractivity contribution is 5.82. The molecule has 1 aliphatic rings. The monoisotopic (exact) mass is 227 g/mol. The Morgan fingerprint density at radius 3 is 2.62 bits per heavy atom. The molecular formula is C12H25N3O. The first-order valence-corrected chi connectivity index (χ1v) is 5.97. The minimum absolute atomic E-state index is 0.00102. The topological polar surface area (TPSA) is 35.6 Å². The van der Waals surface area contributed by atoms with E-state index in [2.05, 4.69) is 31.0 Å². The average Bonchev–Trinajstić information content (AvgIpc) is 2.15. The maximum absolute atomic E-state index is 12.2. The molecule has 0 bridgehead atoms. The van der Waals surface area contributed by atoms with Gasteiger partial charge >= 0.3 is 0 Å². The maximum atomic E-state index is 12.2. The van der Waals surface area contributed by atoms with Crippen LogP contribution in [0.15, 0.2) is 0 Å². The molecule has 0 spiro atoms. The summed E-state index contributed by atoms with van der Waals surface area (Å²) in [7, 11) is 3.92. The average molecular weight is 227 g/mol. The van der Waals surface area contributed by atoms with Crippen molar-refractivity contribution in [1.29, 1.82) is 0 Å². The van der Waals surface area contributed by atoms with Gasteiger partial charge in [-0.2, -0.15) is 0 Å². The maximum Gasteiger partial charge on any atom is 0.240 e. The molecule has 0 aromatic carbocycles. The summed E-state index contributed by atoms with van der Waals surface area (Å²) in [5, 5.41) is 3.27. The van der Waals surface area contributed by atoms with E-state index in [1.165, 1.54) is 0 Å². The Morgan fingerprint density at radius 2 is 2.12 bits per heavy atom. The SMILES string of the molecule is CN(CC(C)(C)C)C(=O)C1CNCCN1C. The Hall–Kier alpha value is -0.610. The number of nitrogens with zero attached hydrogens (tertiary/aromatic N) is 2. The van der Waals surface area contributed by atoms with Crippen LogP contribution in [-0.2, 0) is 4.79 Å². The summed E-state index contributed by atoms with van der Waals surface area (Å²) in [6.45, 7) is 9.95. The second kappa shape index (κ2) is 5.15. The normalized spacial score (nSPS) is 23.2. The molecular weight excluding hydrogens is 202 g/mol. The predicted octanol–water partition coefficient (Wildman–Crippen LogP) is 0.395. The van der Waals surface area contributed by atoms with Crippen molar-refractivity contribution < 1.29 is 4.79 Å². The van der Waals surface area contributed by atoms with Gasteiger partial charge in [0.1, 0.15) is 6.04 Å². The number of carbonyl (C=O) groups excluding carboxylic acids is 1. The van der Waals surface area contributed by atoms with E-state index in [4.69, 9.17) is 0 Å². The van der Waals surface area contributed by atoms with Crippen molar-refractivity contribution in [2.75, 3.05) is 40.3 Å². The Balaban J connectivity index is 2.55. The molecule has 1 amide bonds. The zero-order chi connectivity index (χ0) is 12.3. The first kappa shape index (κ1) is 13.5. The summed E-state index contributed by atoms with van der Waals surface area (Å²) < 4.78 is 0. The third-order valence-corrected chi connectivity index (χ3v) is 2.88. The van der Waals surface area contributed by atoms with Gasteiger partial charge < -0.3 is 10.2 Å². The summed E-state index contributed by atoms with van der Waals surface area (Å²) in [5.41, 5.74) is 0.158. The zero-order valence-electron chi connectivity index (χ0n) is 11.2. The van der Waals surface area contributed by atoms with E-state index in [0.29, 0.717) is 0 Å². The third-order valence-electron chi connectivity index (χ3n) is 2.88. The molecule has 0 aromatic heterocycles. The minimum atomic E-state index is 0.00102. The molecule has 1 N–H and O–H groups in total. The number of piperazine rings is 1. The molecule has 1 rings (SSSR count). The van der Waals surface area contributed by atoms with Crippen LogP contribution in [-0.4, -0.2) is 62.0 Å². The van der Waals surface area contributed by atoms with E-state index < -0.39 is 0 Å². The largest absolute Gasteiger partial charge is 0.344 e. The molecule has 0 aliphatic carbocycles. The van der Waals surface area contributed by atoms with E-state index in [1.807, 2.05) is 19.0 Å². The number of hydrogen-bond donors (Lipinski definition) is 1. The third kappa shape index (κ3) is 3.76. The van der Waals surface area contributed by atoms with Crippen molar-refractivity contribution in [1.82, 2.24) is 15.1 Å². The van der Waals surface area contributed by atoms with Crippen LogP contribution in [0.1, 0.15) is 20.8 Å². The zero-order valence-corrected chi connectivity index (χ0v) is 11.2. The van der Waals surface area contributed by atoms with E-state index in [0.717, 1.165) is 26.2 Å². The molecule has 0 saturated carbocycles. The van der Waals surface area contributed by atoms with Gasteiger partial charge in [-0.05, 0) is 12.5 Å². The van der Waals surface area contributed by atoms with Crippen molar-refractivity contribution in [3.63, 3.8) is 0 Å². The molecule has 0 aromatic rings. The fourth-order valence-electron chi connectivity index (χ4n) is 2.13. The molecule has 1 fully saturated rings. The van der Waals surface area contributed by atoms with Crippen LogP contribution in [0.4, 0.5) is 0 Å². The number of hydrogen-bond acceptors (Lipinski definition) is 3. The summed E-state index contributed by atoms with van der Waals surface area (Å²) in [5.74, 6) is 0.227. The first-order valence-electron chi connectivity index (χ1n) is 5.97. The number of amides is 1. The molecule has 0 radical (unpaired) electrons. The van der Waals surface area contributed by atoms with Crippen LogP contribution < -0.4 is 5.32 Å². The fraction of sp³-hybridized carbons (Fsp3) is 0.917. The van der Waals surface area contributed by atoms with Crippen LogP contribution >= 0.6 is 0 Å². The van der Waals surface area contributed by atoms with E-state index in [1.54, 1.807) is 0 Å². The molecule has 1 atom stereocenters. The lowest BCUT2D eigenvalue weighted by atomic mass is 9.96. The van der Waals surface area contributed by atoms with Gasteiger partial charge in [-0.1, -0.05) is 20.8 Å². The number of carbonyl (C=O) groups is 1. The Bertz CT molecular complexity index is 247. The lowest BCUT2D eigenvalue weighted by Crippen LogP contribution is -2.57. The van der Waals surface area contributed by atoms with Gasteiger partial charge in [0, 0.05) is 33.2 Å². The Morgan fingerprint density at radius 1 is 1.50 bits per heavy atom. The van der Waals surface area contributed by atoms with Crippen molar-refractivity contribution in [2.45, 2.75) is 26.8 Å². The molecule has 94 valence electrons. The van der Waals surface area contributed by atoms with Crippen molar-refractivity contribution in [3.05, 3.63) is 0 Å². The number of nitrogens with one attached hydrogen (secondary N) is 1. The smallest absolute Gasteiger partial charge is 0.240 e. The highest BCUT2D eigenvalue weighted by Crippen LogP contribution is 2.15. The summed E-state index contributed by atoms with van der Waals surface area (Å²) in [6.07, 6.45) is 0. The lowest BCUT2D eigenvalue weighted by molar-refractivity contribution is -0.136. The van der Waals surface area contributed by atoms with Crippen LogP contribution in [0.2, 0.25) is 0 Å². The van der Waals surface area contributed by atoms with Gasteiger partial charge in [-0.25, -0.2) is 0 Å². The van der Waals surface area contributed by atoms with Crippen LogP contribution in [0.5, 0.6) is 0 Å². The lowest BCUT2D eigenvalue weighted by Gasteiger charge is -2.36. The summed E-state index contributed by atoms with van der Waals surface area (Å²) in [4.78, 5) is 16.2. The number of likely N-dealkylation sites (N-methyl/N-ethyl adjacent to an activating group) is 2. The van der Waals surface area contributed by atoms with Gasteiger partial charge in [-0.15, -0.1) is 0 Å². The second-order valence-electron chi connectivity index (χ2n) is 5.96. The summed E-state index contributed by atoms with van der Waals surface area (Å²) in [6, 6.07) is 0.00102. The first-order chi connectivity index (χ1) is 7.31. The van der Waals surface area contributed by atoms with Gasteiger partial charge in [0.05, 0.1) is 0 Å². The van der Waals surface area contributed by atoms with Gasteiger partial charge in [0.2, 0.25) is 5.91 Å². The second-order valence-corrected chi connectivity index (χ2v) is 5.96. The molecule has 1 aliphatic heterocycles. The van der Waals surface area contributed by atoms with E-state index in [-0.39, 0.29) is 17.4 Å². The molecule has 16 heavy (non-hydrogen) atoms. The quantitative estimate of drug-likeness (QED) is 0.741. The van der Waals surface area contributed by atoms with Gasteiger partial charge in [0.15, 0.2) is 0 Å². The van der Waals surface area contributed by atoms with Crippen molar-refractivity contribution in [2.24, 2.45) is 5.41 Å². The molecule has 4 heteroatoms. The van der Waals surface area contributed by atoms with Gasteiger partial charge in [0.25, 0.3) is 0 Å². The molecule has 1 heterocycles.